The molecule has 0 bridgehead atoms. The number of halogens is 1. The molecule has 7 heteroatoms. The molecule has 2 heterocycles. The number of carbonyl (C=O) groups is 1. The van der Waals surface area contributed by atoms with Gasteiger partial charge in [-0.1, -0.05) is 0 Å². The fraction of sp³-hybridized carbons (Fsp3) is 0.182. The molecule has 0 saturated carbocycles. The maximum absolute atomic E-state index is 12.6. The summed E-state index contributed by atoms with van der Waals surface area (Å²) in [5.41, 5.74) is 0.872. The lowest BCUT2D eigenvalue weighted by Crippen LogP contribution is -2.29. The molecule has 18 heavy (non-hydrogen) atoms. The molecule has 94 valence electrons. The quantitative estimate of drug-likeness (QED) is 0.860. The summed E-state index contributed by atoms with van der Waals surface area (Å²) in [5.74, 6) is -0.158. The first-order valence-corrected chi connectivity index (χ1v) is 5.28. The molecule has 0 saturated heterocycles. The van der Waals surface area contributed by atoms with E-state index in [1.807, 2.05) is 0 Å². The van der Waals surface area contributed by atoms with Crippen molar-refractivity contribution in [2.75, 3.05) is 5.32 Å². The van der Waals surface area contributed by atoms with E-state index in [2.05, 4.69) is 20.7 Å². The number of rotatable bonds is 3. The van der Waals surface area contributed by atoms with Gasteiger partial charge in [-0.05, 0) is 18.2 Å². The maximum Gasteiger partial charge on any atom is 0.320 e. The minimum absolute atomic E-state index is 0.291. The second-order valence-electron chi connectivity index (χ2n) is 3.62. The number of amides is 2. The van der Waals surface area contributed by atoms with Crippen molar-refractivity contribution in [2.24, 2.45) is 7.05 Å². The van der Waals surface area contributed by atoms with Crippen LogP contribution < -0.4 is 10.6 Å². The Morgan fingerprint density at radius 3 is 2.89 bits per heavy atom. The van der Waals surface area contributed by atoms with E-state index < -0.39 is 11.8 Å². The molecule has 0 radical (unpaired) electrons. The Morgan fingerprint density at radius 2 is 2.28 bits per heavy atom. The summed E-state index contributed by atoms with van der Waals surface area (Å²) in [6.07, 6.45) is 2.69. The van der Waals surface area contributed by atoms with E-state index in [-0.39, 0.29) is 0 Å². The van der Waals surface area contributed by atoms with Crippen LogP contribution in [0.15, 0.2) is 30.6 Å². The molecule has 0 atom stereocenters. The van der Waals surface area contributed by atoms with E-state index in [0.29, 0.717) is 12.4 Å². The average molecular weight is 249 g/mol. The molecule has 0 unspecified atom stereocenters. The summed E-state index contributed by atoms with van der Waals surface area (Å²) >= 11 is 0. The number of urea groups is 1. The van der Waals surface area contributed by atoms with Crippen molar-refractivity contribution in [3.05, 3.63) is 42.1 Å². The second-order valence-corrected chi connectivity index (χ2v) is 3.62. The Kier molecular flexibility index (Phi) is 3.52. The van der Waals surface area contributed by atoms with Crippen LogP contribution in [-0.2, 0) is 13.6 Å². The van der Waals surface area contributed by atoms with E-state index >= 15 is 0 Å². The van der Waals surface area contributed by atoms with Gasteiger partial charge in [-0.15, -0.1) is 0 Å². The molecule has 2 amide bonds. The zero-order valence-electron chi connectivity index (χ0n) is 9.72. The largest absolute Gasteiger partial charge is 0.332 e. The van der Waals surface area contributed by atoms with Gasteiger partial charge in [0.05, 0.1) is 18.4 Å². The van der Waals surface area contributed by atoms with Crippen LogP contribution in [0.5, 0.6) is 0 Å². The molecular weight excluding hydrogens is 237 g/mol. The molecule has 0 aromatic carbocycles. The molecular formula is C11H12FN5O. The third-order valence-electron chi connectivity index (χ3n) is 2.32. The highest BCUT2D eigenvalue weighted by atomic mass is 19.1. The second kappa shape index (κ2) is 5.26. The molecule has 2 aromatic heterocycles. The van der Waals surface area contributed by atoms with Crippen molar-refractivity contribution in [1.82, 2.24) is 20.1 Å². The molecule has 0 aliphatic heterocycles. The third-order valence-corrected chi connectivity index (χ3v) is 2.32. The van der Waals surface area contributed by atoms with Crippen molar-refractivity contribution < 1.29 is 9.18 Å². The molecule has 2 N–H and O–H groups in total. The van der Waals surface area contributed by atoms with Gasteiger partial charge in [0, 0.05) is 13.2 Å². The number of aromatic nitrogens is 3. The summed E-state index contributed by atoms with van der Waals surface area (Å²) in [5, 5.41) is 9.12. The van der Waals surface area contributed by atoms with Gasteiger partial charge in [0.15, 0.2) is 0 Å². The van der Waals surface area contributed by atoms with Gasteiger partial charge in [-0.2, -0.15) is 5.10 Å². The predicted octanol–water partition coefficient (Wildman–Crippen LogP) is 1.28. The SMILES string of the molecule is Cn1nccc1CNC(=O)Nc1ccc(F)cn1. The van der Waals surface area contributed by atoms with Crippen molar-refractivity contribution in [2.45, 2.75) is 6.54 Å². The summed E-state index contributed by atoms with van der Waals surface area (Å²) in [4.78, 5) is 15.2. The number of nitrogens with zero attached hydrogens (tertiary/aromatic N) is 3. The van der Waals surface area contributed by atoms with Crippen molar-refractivity contribution >= 4 is 11.8 Å². The van der Waals surface area contributed by atoms with Gasteiger partial charge in [-0.25, -0.2) is 14.2 Å². The molecule has 2 rings (SSSR count). The Morgan fingerprint density at radius 1 is 1.44 bits per heavy atom. The Balaban J connectivity index is 1.86. The van der Waals surface area contributed by atoms with E-state index in [1.165, 1.54) is 12.1 Å². The lowest BCUT2D eigenvalue weighted by Gasteiger charge is -2.07. The summed E-state index contributed by atoms with van der Waals surface area (Å²) < 4.78 is 14.3. The zero-order chi connectivity index (χ0) is 13.0. The van der Waals surface area contributed by atoms with E-state index in [9.17, 15) is 9.18 Å². The number of hydrogen-bond acceptors (Lipinski definition) is 3. The van der Waals surface area contributed by atoms with Gasteiger partial charge in [0.2, 0.25) is 0 Å². The highest BCUT2D eigenvalue weighted by molar-refractivity contribution is 5.88. The van der Waals surface area contributed by atoms with Crippen LogP contribution in [0.3, 0.4) is 0 Å². The summed E-state index contributed by atoms with van der Waals surface area (Å²) in [6, 6.07) is 4.01. The lowest BCUT2D eigenvalue weighted by molar-refractivity contribution is 0.251. The van der Waals surface area contributed by atoms with E-state index in [0.717, 1.165) is 11.9 Å². The fourth-order valence-corrected chi connectivity index (χ4v) is 1.36. The first-order valence-electron chi connectivity index (χ1n) is 5.28. The number of aryl methyl sites for hydroxylation is 1. The standard InChI is InChI=1S/C11H12FN5O/c1-17-9(4-5-15-17)7-14-11(18)16-10-3-2-8(12)6-13-10/h2-6H,7H2,1H3,(H2,13,14,16,18). The van der Waals surface area contributed by atoms with Crippen LogP contribution in [0.25, 0.3) is 0 Å². The number of nitrogens with one attached hydrogen (secondary N) is 2. The Bertz CT molecular complexity index is 537. The molecule has 0 spiro atoms. The average Bonchev–Trinajstić information content (AvgIpc) is 2.75. The number of hydrogen-bond donors (Lipinski definition) is 2. The lowest BCUT2D eigenvalue weighted by atomic mass is 10.4. The predicted molar refractivity (Wildman–Crippen MR) is 63.3 cm³/mol. The number of anilines is 1. The van der Waals surface area contributed by atoms with Gasteiger partial charge < -0.3 is 5.32 Å². The Hall–Kier alpha value is -2.44. The first-order chi connectivity index (χ1) is 8.65. The number of pyridine rings is 1. The highest BCUT2D eigenvalue weighted by Crippen LogP contribution is 2.03. The molecule has 0 aliphatic carbocycles. The van der Waals surface area contributed by atoms with E-state index in [1.54, 1.807) is 24.0 Å². The van der Waals surface area contributed by atoms with Crippen molar-refractivity contribution in [1.29, 1.82) is 0 Å². The van der Waals surface area contributed by atoms with Crippen LogP contribution in [0, 0.1) is 5.82 Å². The normalized spacial score (nSPS) is 10.1. The van der Waals surface area contributed by atoms with Crippen LogP contribution in [-0.4, -0.2) is 20.8 Å². The van der Waals surface area contributed by atoms with Crippen molar-refractivity contribution in [3.8, 4) is 0 Å². The number of carbonyl (C=O) groups excluding carboxylic acids is 1. The van der Waals surface area contributed by atoms with Crippen LogP contribution in [0.4, 0.5) is 15.0 Å². The summed E-state index contributed by atoms with van der Waals surface area (Å²) in [6.45, 7) is 0.351. The third kappa shape index (κ3) is 3.03. The maximum atomic E-state index is 12.6. The highest BCUT2D eigenvalue weighted by Gasteiger charge is 2.04. The van der Waals surface area contributed by atoms with Crippen LogP contribution >= 0.6 is 0 Å². The van der Waals surface area contributed by atoms with Crippen LogP contribution in [0.1, 0.15) is 5.69 Å². The molecule has 0 fully saturated rings. The van der Waals surface area contributed by atoms with Gasteiger partial charge in [0.25, 0.3) is 0 Å². The summed E-state index contributed by atoms with van der Waals surface area (Å²) in [7, 11) is 1.79. The Labute approximate surface area is 103 Å². The monoisotopic (exact) mass is 249 g/mol. The molecule has 6 nitrogen and oxygen atoms in total. The van der Waals surface area contributed by atoms with Gasteiger partial charge in [0.1, 0.15) is 11.6 Å². The zero-order valence-corrected chi connectivity index (χ0v) is 9.72. The topological polar surface area (TPSA) is 71.8 Å². The first kappa shape index (κ1) is 12.0. The molecule has 2 aromatic rings. The van der Waals surface area contributed by atoms with Crippen LogP contribution in [0.2, 0.25) is 0 Å². The molecule has 0 aliphatic rings. The van der Waals surface area contributed by atoms with E-state index in [4.69, 9.17) is 0 Å². The minimum Gasteiger partial charge on any atom is -0.332 e. The minimum atomic E-state index is -0.448. The van der Waals surface area contributed by atoms with Gasteiger partial charge >= 0.3 is 6.03 Å². The smallest absolute Gasteiger partial charge is 0.320 e. The fourth-order valence-electron chi connectivity index (χ4n) is 1.36. The van der Waals surface area contributed by atoms with Crippen molar-refractivity contribution in [3.63, 3.8) is 0 Å². The van der Waals surface area contributed by atoms with Gasteiger partial charge in [-0.3, -0.25) is 10.00 Å².